The first-order valence-corrected chi connectivity index (χ1v) is 4.62. The van der Waals surface area contributed by atoms with Crippen LogP contribution in [0.15, 0.2) is 11.6 Å². The molecule has 0 amide bonds. The van der Waals surface area contributed by atoms with Crippen molar-refractivity contribution in [3.63, 3.8) is 0 Å². The zero-order valence-corrected chi connectivity index (χ0v) is 6.86. The van der Waals surface area contributed by atoms with Crippen molar-refractivity contribution in [3.05, 3.63) is 11.6 Å². The highest BCUT2D eigenvalue weighted by Crippen LogP contribution is 2.20. The second kappa shape index (κ2) is 3.30. The van der Waals surface area contributed by atoms with Crippen molar-refractivity contribution in [1.29, 1.82) is 0 Å². The predicted molar refractivity (Wildman–Crippen MR) is 42.2 cm³/mol. The Morgan fingerprint density at radius 1 is 1.80 bits per heavy atom. The minimum absolute atomic E-state index is 0.0105. The molecule has 58 valence electrons. The summed E-state index contributed by atoms with van der Waals surface area (Å²) < 4.78 is 19.2. The van der Waals surface area contributed by atoms with Gasteiger partial charge in [0.2, 0.25) is 0 Å². The molecule has 1 aliphatic carbocycles. The Morgan fingerprint density at radius 2 is 2.50 bits per heavy atom. The van der Waals surface area contributed by atoms with E-state index in [1.54, 1.807) is 0 Å². The van der Waals surface area contributed by atoms with E-state index in [-0.39, 0.29) is 5.25 Å². The van der Waals surface area contributed by atoms with Crippen molar-refractivity contribution in [1.82, 2.24) is 0 Å². The molecule has 2 unspecified atom stereocenters. The monoisotopic (exact) mass is 160 g/mol. The molecule has 1 aliphatic rings. The summed E-state index contributed by atoms with van der Waals surface area (Å²) in [6, 6.07) is 0. The van der Waals surface area contributed by atoms with E-state index < -0.39 is 11.1 Å². The van der Waals surface area contributed by atoms with Gasteiger partial charge in [0.25, 0.3) is 0 Å². The molecular formula is C7H12O2S. The molecule has 0 radical (unpaired) electrons. The van der Waals surface area contributed by atoms with Crippen molar-refractivity contribution < 1.29 is 8.76 Å². The van der Waals surface area contributed by atoms with Gasteiger partial charge in [0, 0.05) is 0 Å². The van der Waals surface area contributed by atoms with Crippen LogP contribution >= 0.6 is 0 Å². The molecule has 0 heterocycles. The standard InChI is InChI=1S/C7H12O2S/c1-6-2-4-7(5-3-6)10(8)9/h2,7H,3-5H2,1H3,(H,8,9). The first kappa shape index (κ1) is 7.95. The fourth-order valence-electron chi connectivity index (χ4n) is 1.12. The van der Waals surface area contributed by atoms with Crippen LogP contribution in [0, 0.1) is 0 Å². The summed E-state index contributed by atoms with van der Waals surface area (Å²) in [5.74, 6) is 0. The van der Waals surface area contributed by atoms with Gasteiger partial charge in [-0.1, -0.05) is 11.6 Å². The maximum absolute atomic E-state index is 10.5. The molecule has 10 heavy (non-hydrogen) atoms. The SMILES string of the molecule is CC1=CCC(S(=O)O)CC1. The lowest BCUT2D eigenvalue weighted by atomic mass is 10.0. The Labute approximate surface area is 63.6 Å². The average molecular weight is 160 g/mol. The van der Waals surface area contributed by atoms with E-state index in [9.17, 15) is 4.21 Å². The van der Waals surface area contributed by atoms with Crippen molar-refractivity contribution in [2.75, 3.05) is 0 Å². The van der Waals surface area contributed by atoms with Crippen LogP contribution in [0.3, 0.4) is 0 Å². The van der Waals surface area contributed by atoms with Crippen molar-refractivity contribution in [3.8, 4) is 0 Å². The van der Waals surface area contributed by atoms with Gasteiger partial charge in [-0.25, -0.2) is 4.21 Å². The van der Waals surface area contributed by atoms with E-state index >= 15 is 0 Å². The normalized spacial score (nSPS) is 29.4. The van der Waals surface area contributed by atoms with E-state index in [0.29, 0.717) is 0 Å². The molecule has 0 aliphatic heterocycles. The molecule has 0 aromatic heterocycles. The van der Waals surface area contributed by atoms with Gasteiger partial charge >= 0.3 is 0 Å². The van der Waals surface area contributed by atoms with Crippen LogP contribution in [0.1, 0.15) is 26.2 Å². The molecule has 1 rings (SSSR count). The lowest BCUT2D eigenvalue weighted by Gasteiger charge is -2.15. The van der Waals surface area contributed by atoms with E-state index in [4.69, 9.17) is 4.55 Å². The zero-order chi connectivity index (χ0) is 7.56. The highest BCUT2D eigenvalue weighted by Gasteiger charge is 2.16. The third-order valence-electron chi connectivity index (χ3n) is 1.88. The molecule has 2 atom stereocenters. The topological polar surface area (TPSA) is 37.3 Å². The molecule has 0 bridgehead atoms. The first-order chi connectivity index (χ1) is 4.70. The molecule has 0 aromatic carbocycles. The van der Waals surface area contributed by atoms with Crippen LogP contribution in [-0.2, 0) is 11.1 Å². The minimum atomic E-state index is -1.61. The van der Waals surface area contributed by atoms with Crippen LogP contribution in [0.5, 0.6) is 0 Å². The molecule has 0 aromatic rings. The largest absolute Gasteiger partial charge is 0.306 e. The van der Waals surface area contributed by atoms with Crippen LogP contribution in [-0.4, -0.2) is 14.0 Å². The fourth-order valence-corrected chi connectivity index (χ4v) is 1.70. The molecule has 2 nitrogen and oxygen atoms in total. The summed E-state index contributed by atoms with van der Waals surface area (Å²) in [7, 11) is 0. The molecular weight excluding hydrogens is 148 g/mol. The van der Waals surface area contributed by atoms with Crippen molar-refractivity contribution in [2.24, 2.45) is 0 Å². The summed E-state index contributed by atoms with van der Waals surface area (Å²) in [6.45, 7) is 2.07. The van der Waals surface area contributed by atoms with Gasteiger partial charge in [-0.3, -0.25) is 0 Å². The minimum Gasteiger partial charge on any atom is -0.306 e. The maximum atomic E-state index is 10.5. The number of allylic oxidation sites excluding steroid dienone is 2. The Balaban J connectivity index is 2.50. The molecule has 1 N–H and O–H groups in total. The molecule has 0 saturated heterocycles. The quantitative estimate of drug-likeness (QED) is 0.468. The number of hydrogen-bond donors (Lipinski definition) is 1. The summed E-state index contributed by atoms with van der Waals surface area (Å²) in [5, 5.41) is -0.0105. The second-order valence-electron chi connectivity index (χ2n) is 2.72. The Hall–Kier alpha value is -0.150. The van der Waals surface area contributed by atoms with Gasteiger partial charge in [0.1, 0.15) is 0 Å². The Bertz CT molecular complexity index is 174. The van der Waals surface area contributed by atoms with Gasteiger partial charge in [-0.15, -0.1) is 0 Å². The number of rotatable bonds is 1. The van der Waals surface area contributed by atoms with Gasteiger partial charge in [-0.2, -0.15) is 0 Å². The van der Waals surface area contributed by atoms with Crippen LogP contribution < -0.4 is 0 Å². The third-order valence-corrected chi connectivity index (χ3v) is 2.87. The lowest BCUT2D eigenvalue weighted by Crippen LogP contribution is -2.16. The highest BCUT2D eigenvalue weighted by atomic mass is 32.2. The average Bonchev–Trinajstić information content (AvgIpc) is 1.88. The molecule has 0 saturated carbocycles. The lowest BCUT2D eigenvalue weighted by molar-refractivity contribution is 0.535. The summed E-state index contributed by atoms with van der Waals surface area (Å²) >= 11 is -1.61. The highest BCUT2D eigenvalue weighted by molar-refractivity contribution is 7.79. The van der Waals surface area contributed by atoms with Gasteiger partial charge in [0.15, 0.2) is 11.1 Å². The fraction of sp³-hybridized carbons (Fsp3) is 0.714. The van der Waals surface area contributed by atoms with E-state index in [1.165, 1.54) is 5.57 Å². The second-order valence-corrected chi connectivity index (χ2v) is 3.94. The summed E-state index contributed by atoms with van der Waals surface area (Å²) in [5.41, 5.74) is 1.35. The molecule has 3 heteroatoms. The van der Waals surface area contributed by atoms with Crippen molar-refractivity contribution in [2.45, 2.75) is 31.4 Å². The summed E-state index contributed by atoms with van der Waals surface area (Å²) in [6.07, 6.45) is 4.68. The van der Waals surface area contributed by atoms with Crippen LogP contribution in [0.25, 0.3) is 0 Å². The van der Waals surface area contributed by atoms with Crippen molar-refractivity contribution >= 4 is 11.1 Å². The summed E-state index contributed by atoms with van der Waals surface area (Å²) in [4.78, 5) is 0. The van der Waals surface area contributed by atoms with Gasteiger partial charge in [-0.05, 0) is 26.2 Å². The van der Waals surface area contributed by atoms with Crippen LogP contribution in [0.2, 0.25) is 0 Å². The van der Waals surface area contributed by atoms with E-state index in [1.807, 2.05) is 0 Å². The number of hydrogen-bond acceptors (Lipinski definition) is 1. The Kier molecular flexibility index (Phi) is 2.63. The van der Waals surface area contributed by atoms with Gasteiger partial charge < -0.3 is 4.55 Å². The van der Waals surface area contributed by atoms with E-state index in [0.717, 1.165) is 19.3 Å². The Morgan fingerprint density at radius 3 is 2.90 bits per heavy atom. The van der Waals surface area contributed by atoms with E-state index in [2.05, 4.69) is 13.0 Å². The zero-order valence-electron chi connectivity index (χ0n) is 6.04. The maximum Gasteiger partial charge on any atom is 0.156 e. The van der Waals surface area contributed by atoms with Crippen LogP contribution in [0.4, 0.5) is 0 Å². The third kappa shape index (κ3) is 1.92. The molecule has 0 spiro atoms. The predicted octanol–water partition coefficient (Wildman–Crippen LogP) is 1.71. The van der Waals surface area contributed by atoms with Gasteiger partial charge in [0.05, 0.1) is 5.25 Å². The molecule has 0 fully saturated rings. The first-order valence-electron chi connectivity index (χ1n) is 3.45. The smallest absolute Gasteiger partial charge is 0.156 e.